The van der Waals surface area contributed by atoms with E-state index in [4.69, 9.17) is 27.9 Å². The minimum Gasteiger partial charge on any atom is -0.371 e. The number of rotatable bonds is 3. The number of amides is 1. The van der Waals surface area contributed by atoms with Gasteiger partial charge in [-0.15, -0.1) is 10.2 Å². The van der Waals surface area contributed by atoms with Gasteiger partial charge in [-0.2, -0.15) is 0 Å². The lowest BCUT2D eigenvalue weighted by molar-refractivity contribution is 0.102. The third-order valence-electron chi connectivity index (χ3n) is 3.05. The molecule has 2 aromatic rings. The first-order valence-electron chi connectivity index (χ1n) is 6.35. The smallest absolute Gasteiger partial charge is 0.257 e. The van der Waals surface area contributed by atoms with Gasteiger partial charge >= 0.3 is 0 Å². The zero-order valence-corrected chi connectivity index (χ0v) is 13.1. The fourth-order valence-electron chi connectivity index (χ4n) is 1.99. The molecular weight excluding hydrogens is 333 g/mol. The summed E-state index contributed by atoms with van der Waals surface area (Å²) in [4.78, 5) is 12.1. The van der Waals surface area contributed by atoms with Crippen LogP contribution in [0.1, 0.15) is 34.3 Å². The van der Waals surface area contributed by atoms with Gasteiger partial charge < -0.3 is 4.74 Å². The summed E-state index contributed by atoms with van der Waals surface area (Å²) >= 11 is 13.0. The summed E-state index contributed by atoms with van der Waals surface area (Å²) in [6.07, 6.45) is 1.96. The van der Waals surface area contributed by atoms with Crippen LogP contribution in [-0.4, -0.2) is 22.7 Å². The predicted molar refractivity (Wildman–Crippen MR) is 82.3 cm³/mol. The standard InChI is InChI=1S/C13H11Cl2N3O2S/c14-8-4-3-7(6-9(8)15)11(19)16-13-18-17-12(21-13)10-2-1-5-20-10/h3-4,6,10H,1-2,5H2,(H,16,18,19). The maximum atomic E-state index is 12.1. The lowest BCUT2D eigenvalue weighted by Gasteiger charge is -2.03. The first kappa shape index (κ1) is 14.7. The number of carbonyl (C=O) groups excluding carboxylic acids is 1. The van der Waals surface area contributed by atoms with Crippen molar-refractivity contribution >= 4 is 45.6 Å². The topological polar surface area (TPSA) is 64.1 Å². The zero-order chi connectivity index (χ0) is 14.8. The van der Waals surface area contributed by atoms with Gasteiger partial charge in [-0.3, -0.25) is 10.1 Å². The highest BCUT2D eigenvalue weighted by atomic mass is 35.5. The SMILES string of the molecule is O=C(Nc1nnc(C2CCCO2)s1)c1ccc(Cl)c(Cl)c1. The fourth-order valence-corrected chi connectivity index (χ4v) is 3.11. The van der Waals surface area contributed by atoms with Crippen molar-refractivity contribution in [2.45, 2.75) is 18.9 Å². The van der Waals surface area contributed by atoms with E-state index in [0.717, 1.165) is 24.5 Å². The van der Waals surface area contributed by atoms with E-state index >= 15 is 0 Å². The minimum absolute atomic E-state index is 0.00173. The lowest BCUT2D eigenvalue weighted by Crippen LogP contribution is -2.11. The van der Waals surface area contributed by atoms with E-state index < -0.39 is 0 Å². The molecule has 0 spiro atoms. The molecule has 1 aromatic carbocycles. The molecule has 1 atom stereocenters. The number of benzene rings is 1. The largest absolute Gasteiger partial charge is 0.371 e. The molecule has 1 amide bonds. The van der Waals surface area contributed by atoms with Gasteiger partial charge in [0.05, 0.1) is 10.0 Å². The molecule has 1 fully saturated rings. The molecule has 1 aliphatic rings. The van der Waals surface area contributed by atoms with Gasteiger partial charge in [0.15, 0.2) is 0 Å². The molecule has 1 unspecified atom stereocenters. The van der Waals surface area contributed by atoms with Crippen molar-refractivity contribution in [1.29, 1.82) is 0 Å². The van der Waals surface area contributed by atoms with Crippen molar-refractivity contribution in [3.8, 4) is 0 Å². The van der Waals surface area contributed by atoms with Crippen LogP contribution in [0.15, 0.2) is 18.2 Å². The van der Waals surface area contributed by atoms with Crippen LogP contribution in [0.25, 0.3) is 0 Å². The zero-order valence-electron chi connectivity index (χ0n) is 10.8. The molecule has 0 bridgehead atoms. The third-order valence-corrected chi connectivity index (χ3v) is 4.72. The minimum atomic E-state index is -0.302. The van der Waals surface area contributed by atoms with Gasteiger partial charge in [-0.1, -0.05) is 34.5 Å². The van der Waals surface area contributed by atoms with Crippen LogP contribution in [0.5, 0.6) is 0 Å². The molecular formula is C13H11Cl2N3O2S. The molecule has 3 rings (SSSR count). The molecule has 0 saturated carbocycles. The Morgan fingerprint density at radius 1 is 1.33 bits per heavy atom. The summed E-state index contributed by atoms with van der Waals surface area (Å²) < 4.78 is 5.53. The quantitative estimate of drug-likeness (QED) is 0.916. The molecule has 21 heavy (non-hydrogen) atoms. The normalized spacial score (nSPS) is 17.9. The van der Waals surface area contributed by atoms with Crippen molar-refractivity contribution in [2.24, 2.45) is 0 Å². The van der Waals surface area contributed by atoms with Crippen molar-refractivity contribution in [3.63, 3.8) is 0 Å². The summed E-state index contributed by atoms with van der Waals surface area (Å²) in [5.74, 6) is -0.302. The second-order valence-corrected chi connectivity index (χ2v) is 6.35. The predicted octanol–water partition coefficient (Wildman–Crippen LogP) is 3.95. The maximum absolute atomic E-state index is 12.1. The van der Waals surface area contributed by atoms with Crippen molar-refractivity contribution < 1.29 is 9.53 Å². The number of halogens is 2. The molecule has 1 saturated heterocycles. The highest BCUT2D eigenvalue weighted by molar-refractivity contribution is 7.15. The Labute approximate surface area is 135 Å². The van der Waals surface area contributed by atoms with E-state index in [0.29, 0.717) is 20.7 Å². The van der Waals surface area contributed by atoms with E-state index in [2.05, 4.69) is 15.5 Å². The van der Waals surface area contributed by atoms with Gasteiger partial charge in [0, 0.05) is 12.2 Å². The van der Waals surface area contributed by atoms with E-state index in [1.165, 1.54) is 17.4 Å². The second-order valence-electron chi connectivity index (χ2n) is 4.53. The second kappa shape index (κ2) is 6.27. The Kier molecular flexibility index (Phi) is 4.40. The van der Waals surface area contributed by atoms with Gasteiger partial charge in [0.25, 0.3) is 5.91 Å². The summed E-state index contributed by atoms with van der Waals surface area (Å²) in [6.45, 7) is 0.745. The summed E-state index contributed by atoms with van der Waals surface area (Å²) in [7, 11) is 0. The molecule has 1 aromatic heterocycles. The Morgan fingerprint density at radius 2 is 2.19 bits per heavy atom. The monoisotopic (exact) mass is 343 g/mol. The maximum Gasteiger partial charge on any atom is 0.257 e. The van der Waals surface area contributed by atoms with Crippen LogP contribution in [0.2, 0.25) is 10.0 Å². The molecule has 1 N–H and O–H groups in total. The van der Waals surface area contributed by atoms with E-state index in [9.17, 15) is 4.79 Å². The number of nitrogens with one attached hydrogen (secondary N) is 1. The van der Waals surface area contributed by atoms with Crippen LogP contribution in [0, 0.1) is 0 Å². The van der Waals surface area contributed by atoms with Gasteiger partial charge in [-0.05, 0) is 31.0 Å². The number of nitrogens with zero attached hydrogens (tertiary/aromatic N) is 2. The van der Waals surface area contributed by atoms with Crippen LogP contribution in [0.3, 0.4) is 0 Å². The number of carbonyl (C=O) groups is 1. The van der Waals surface area contributed by atoms with Gasteiger partial charge in [0.1, 0.15) is 11.1 Å². The molecule has 0 aliphatic carbocycles. The summed E-state index contributed by atoms with van der Waals surface area (Å²) in [5.41, 5.74) is 0.415. The average molecular weight is 344 g/mol. The van der Waals surface area contributed by atoms with E-state index in [1.807, 2.05) is 0 Å². The third kappa shape index (κ3) is 3.35. The first-order chi connectivity index (χ1) is 10.1. The first-order valence-corrected chi connectivity index (χ1v) is 7.92. The van der Waals surface area contributed by atoms with Crippen LogP contribution in [-0.2, 0) is 4.74 Å². The molecule has 110 valence electrons. The number of aromatic nitrogens is 2. The van der Waals surface area contributed by atoms with Gasteiger partial charge in [-0.25, -0.2) is 0 Å². The van der Waals surface area contributed by atoms with Crippen molar-refractivity contribution in [2.75, 3.05) is 11.9 Å². The Bertz CT molecular complexity index is 671. The Hall–Kier alpha value is -1.21. The molecule has 5 nitrogen and oxygen atoms in total. The van der Waals surface area contributed by atoms with Crippen LogP contribution in [0.4, 0.5) is 5.13 Å². The molecule has 8 heteroatoms. The number of hydrogen-bond donors (Lipinski definition) is 1. The molecule has 1 aliphatic heterocycles. The number of ether oxygens (including phenoxy) is 1. The van der Waals surface area contributed by atoms with E-state index in [-0.39, 0.29) is 12.0 Å². The number of hydrogen-bond acceptors (Lipinski definition) is 5. The highest BCUT2D eigenvalue weighted by Gasteiger charge is 2.22. The Balaban J connectivity index is 1.70. The van der Waals surface area contributed by atoms with Crippen LogP contribution < -0.4 is 5.32 Å². The van der Waals surface area contributed by atoms with Crippen LogP contribution >= 0.6 is 34.5 Å². The van der Waals surface area contributed by atoms with Gasteiger partial charge in [0.2, 0.25) is 5.13 Å². The van der Waals surface area contributed by atoms with Crippen molar-refractivity contribution in [1.82, 2.24) is 10.2 Å². The summed E-state index contributed by atoms with van der Waals surface area (Å²) in [6, 6.07) is 4.70. The average Bonchev–Trinajstić information content (AvgIpc) is 3.12. The molecule has 0 radical (unpaired) electrons. The highest BCUT2D eigenvalue weighted by Crippen LogP contribution is 2.32. The lowest BCUT2D eigenvalue weighted by atomic mass is 10.2. The fraction of sp³-hybridized carbons (Fsp3) is 0.308. The van der Waals surface area contributed by atoms with Crippen molar-refractivity contribution in [3.05, 3.63) is 38.8 Å². The van der Waals surface area contributed by atoms with E-state index in [1.54, 1.807) is 12.1 Å². The number of anilines is 1. The summed E-state index contributed by atoms with van der Waals surface area (Å²) in [5, 5.41) is 12.7. The molecule has 2 heterocycles. The Morgan fingerprint density at radius 3 is 2.90 bits per heavy atom.